The quantitative estimate of drug-likeness (QED) is 0.753. The molecule has 16 heavy (non-hydrogen) atoms. The Kier molecular flexibility index (Phi) is 2.55. The zero-order chi connectivity index (χ0) is 11.9. The highest BCUT2D eigenvalue weighted by molar-refractivity contribution is 6.29. The molecular weight excluding hydrogens is 230 g/mol. The summed E-state index contributed by atoms with van der Waals surface area (Å²) in [6, 6.07) is 1.71. The van der Waals surface area contributed by atoms with Crippen LogP contribution in [-0.2, 0) is 7.05 Å². The van der Waals surface area contributed by atoms with Gasteiger partial charge in [-0.1, -0.05) is 11.6 Å². The van der Waals surface area contributed by atoms with Crippen LogP contribution < -0.4 is 10.2 Å². The fraction of sp³-hybridized carbons (Fsp3) is 0.300. The molecule has 84 valence electrons. The van der Waals surface area contributed by atoms with E-state index in [9.17, 15) is 4.79 Å². The number of aryl methyl sites for hydroxylation is 2. The lowest BCUT2D eigenvalue weighted by molar-refractivity contribution is 0.395. The van der Waals surface area contributed by atoms with Gasteiger partial charge in [0.25, 0.3) is 0 Å². The minimum Gasteiger partial charge on any atom is -0.481 e. The van der Waals surface area contributed by atoms with E-state index in [1.807, 2.05) is 6.92 Å². The Balaban J connectivity index is 2.96. The zero-order valence-corrected chi connectivity index (χ0v) is 9.87. The van der Waals surface area contributed by atoms with Gasteiger partial charge in [0.05, 0.1) is 12.5 Å². The molecular formula is C10H10ClN3O2. The molecule has 0 saturated carbocycles. The molecule has 2 aromatic rings. The Morgan fingerprint density at radius 2 is 2.19 bits per heavy atom. The van der Waals surface area contributed by atoms with Crippen molar-refractivity contribution in [3.05, 3.63) is 27.0 Å². The third kappa shape index (κ3) is 1.53. The van der Waals surface area contributed by atoms with Gasteiger partial charge >= 0.3 is 0 Å². The highest BCUT2D eigenvalue weighted by Crippen LogP contribution is 2.19. The molecule has 0 unspecified atom stereocenters. The van der Waals surface area contributed by atoms with E-state index in [2.05, 4.69) is 10.1 Å². The van der Waals surface area contributed by atoms with Gasteiger partial charge in [0.1, 0.15) is 0 Å². The number of aromatic nitrogens is 3. The molecule has 0 bridgehead atoms. The number of nitrogens with zero attached hydrogens (tertiary/aromatic N) is 3. The van der Waals surface area contributed by atoms with Crippen LogP contribution in [0.25, 0.3) is 11.0 Å². The highest BCUT2D eigenvalue weighted by Gasteiger charge is 2.11. The summed E-state index contributed by atoms with van der Waals surface area (Å²) < 4.78 is 6.55. The predicted octanol–water partition coefficient (Wildman–Crippen LogP) is 1.30. The molecule has 0 fully saturated rings. The summed E-state index contributed by atoms with van der Waals surface area (Å²) in [6.45, 7) is 1.82. The van der Waals surface area contributed by atoms with Gasteiger partial charge in [-0.3, -0.25) is 4.79 Å². The first-order chi connectivity index (χ1) is 7.54. The van der Waals surface area contributed by atoms with Gasteiger partial charge in [-0.2, -0.15) is 10.1 Å². The number of hydrogen-bond acceptors (Lipinski definition) is 4. The maximum absolute atomic E-state index is 11.7. The van der Waals surface area contributed by atoms with Crippen molar-refractivity contribution >= 4 is 22.6 Å². The topological polar surface area (TPSA) is 57.0 Å². The third-order valence-electron chi connectivity index (χ3n) is 2.32. The summed E-state index contributed by atoms with van der Waals surface area (Å²) >= 11 is 5.72. The largest absolute Gasteiger partial charge is 0.481 e. The number of methoxy groups -OCH3 is 1. The highest BCUT2D eigenvalue weighted by atomic mass is 35.5. The van der Waals surface area contributed by atoms with Crippen LogP contribution in [0, 0.1) is 6.92 Å². The average Bonchev–Trinajstić information content (AvgIpc) is 2.25. The van der Waals surface area contributed by atoms with Gasteiger partial charge < -0.3 is 4.74 Å². The number of hydrogen-bond donors (Lipinski definition) is 0. The summed E-state index contributed by atoms with van der Waals surface area (Å²) in [6.07, 6.45) is 0. The van der Waals surface area contributed by atoms with E-state index < -0.39 is 0 Å². The lowest BCUT2D eigenvalue weighted by Crippen LogP contribution is -2.13. The third-order valence-corrected chi connectivity index (χ3v) is 2.56. The van der Waals surface area contributed by atoms with Crippen molar-refractivity contribution in [1.82, 2.24) is 14.8 Å². The van der Waals surface area contributed by atoms with E-state index in [0.29, 0.717) is 16.9 Å². The molecule has 6 heteroatoms. The Labute approximate surface area is 96.6 Å². The molecule has 0 N–H and O–H groups in total. The summed E-state index contributed by atoms with van der Waals surface area (Å²) in [7, 11) is 3.21. The van der Waals surface area contributed by atoms with Crippen LogP contribution in [0.2, 0.25) is 5.15 Å². The standard InChI is InChI=1S/C10H10ClN3O2/c1-5-4-6-7(15)8(11)13-14(2)9(6)12-10(5)16-3/h4H,1-3H3. The lowest BCUT2D eigenvalue weighted by atomic mass is 10.2. The maximum atomic E-state index is 11.7. The van der Waals surface area contributed by atoms with Crippen molar-refractivity contribution in [3.8, 4) is 5.88 Å². The fourth-order valence-corrected chi connectivity index (χ4v) is 1.76. The van der Waals surface area contributed by atoms with Crippen LogP contribution in [0.3, 0.4) is 0 Å². The molecule has 2 heterocycles. The summed E-state index contributed by atoms with van der Waals surface area (Å²) in [5, 5.41) is 4.25. The van der Waals surface area contributed by atoms with Gasteiger partial charge in [0.2, 0.25) is 11.3 Å². The molecule has 0 aliphatic rings. The van der Waals surface area contributed by atoms with Gasteiger partial charge in [0.15, 0.2) is 10.8 Å². The Bertz CT molecular complexity index is 621. The molecule has 0 spiro atoms. The van der Waals surface area contributed by atoms with E-state index in [4.69, 9.17) is 16.3 Å². The number of pyridine rings is 1. The van der Waals surface area contributed by atoms with Crippen molar-refractivity contribution < 1.29 is 4.74 Å². The molecule has 0 radical (unpaired) electrons. The smallest absolute Gasteiger partial charge is 0.228 e. The van der Waals surface area contributed by atoms with Crippen molar-refractivity contribution in [2.75, 3.05) is 7.11 Å². The lowest BCUT2D eigenvalue weighted by Gasteiger charge is -2.08. The molecule has 0 aromatic carbocycles. The van der Waals surface area contributed by atoms with Gasteiger partial charge in [-0.15, -0.1) is 0 Å². The number of fused-ring (bicyclic) bond motifs is 1. The molecule has 0 atom stereocenters. The monoisotopic (exact) mass is 239 g/mol. The van der Waals surface area contributed by atoms with E-state index >= 15 is 0 Å². The Hall–Kier alpha value is -1.62. The van der Waals surface area contributed by atoms with E-state index in [1.54, 1.807) is 13.1 Å². The van der Waals surface area contributed by atoms with Crippen LogP contribution in [0.15, 0.2) is 10.9 Å². The van der Waals surface area contributed by atoms with Crippen LogP contribution in [0.1, 0.15) is 5.56 Å². The van der Waals surface area contributed by atoms with Crippen molar-refractivity contribution in [3.63, 3.8) is 0 Å². The second kappa shape index (κ2) is 3.75. The van der Waals surface area contributed by atoms with E-state index in [0.717, 1.165) is 5.56 Å². The molecule has 0 aliphatic carbocycles. The van der Waals surface area contributed by atoms with Crippen LogP contribution >= 0.6 is 11.6 Å². The maximum Gasteiger partial charge on any atom is 0.228 e. The van der Waals surface area contributed by atoms with Crippen LogP contribution in [0.4, 0.5) is 0 Å². The van der Waals surface area contributed by atoms with Crippen molar-refractivity contribution in [1.29, 1.82) is 0 Å². The summed E-state index contributed by atoms with van der Waals surface area (Å²) in [4.78, 5) is 16.0. The van der Waals surface area contributed by atoms with Gasteiger partial charge in [0, 0.05) is 12.6 Å². The number of ether oxygens (including phenoxy) is 1. The van der Waals surface area contributed by atoms with E-state index in [-0.39, 0.29) is 10.6 Å². The Morgan fingerprint density at radius 3 is 2.81 bits per heavy atom. The number of rotatable bonds is 1. The number of halogens is 1. The predicted molar refractivity (Wildman–Crippen MR) is 61.1 cm³/mol. The molecule has 5 nitrogen and oxygen atoms in total. The average molecular weight is 240 g/mol. The first-order valence-electron chi connectivity index (χ1n) is 4.62. The van der Waals surface area contributed by atoms with Gasteiger partial charge in [-0.05, 0) is 13.0 Å². The van der Waals surface area contributed by atoms with Gasteiger partial charge in [-0.25, -0.2) is 4.68 Å². The molecule has 0 saturated heterocycles. The molecule has 0 amide bonds. The van der Waals surface area contributed by atoms with E-state index in [1.165, 1.54) is 11.8 Å². The Morgan fingerprint density at radius 1 is 1.50 bits per heavy atom. The molecule has 2 aromatic heterocycles. The minimum absolute atomic E-state index is 0.0543. The normalized spacial score (nSPS) is 10.8. The molecule has 2 rings (SSSR count). The zero-order valence-electron chi connectivity index (χ0n) is 9.11. The van der Waals surface area contributed by atoms with Crippen molar-refractivity contribution in [2.24, 2.45) is 7.05 Å². The first kappa shape index (κ1) is 10.9. The van der Waals surface area contributed by atoms with Crippen molar-refractivity contribution in [2.45, 2.75) is 6.92 Å². The minimum atomic E-state index is -0.312. The SMILES string of the molecule is COc1nc2c(cc1C)c(=O)c(Cl)nn2C. The first-order valence-corrected chi connectivity index (χ1v) is 5.00. The molecule has 0 aliphatic heterocycles. The second-order valence-corrected chi connectivity index (χ2v) is 3.79. The second-order valence-electron chi connectivity index (χ2n) is 3.43. The summed E-state index contributed by atoms with van der Waals surface area (Å²) in [5.74, 6) is 0.478. The fourth-order valence-electron chi connectivity index (χ4n) is 1.54. The van der Waals surface area contributed by atoms with Crippen LogP contribution in [0.5, 0.6) is 5.88 Å². The summed E-state index contributed by atoms with van der Waals surface area (Å²) in [5.41, 5.74) is 0.930. The van der Waals surface area contributed by atoms with Crippen LogP contribution in [-0.4, -0.2) is 21.9 Å².